The first-order chi connectivity index (χ1) is 8.19. The maximum atomic E-state index is 4.38. The van der Waals surface area contributed by atoms with Crippen molar-refractivity contribution < 1.29 is 0 Å². The van der Waals surface area contributed by atoms with E-state index < -0.39 is 0 Å². The van der Waals surface area contributed by atoms with Crippen LogP contribution in [0.2, 0.25) is 0 Å². The lowest BCUT2D eigenvalue weighted by Crippen LogP contribution is -2.06. The number of hydrogen-bond donors (Lipinski definition) is 2. The number of hydrogen-bond acceptors (Lipinski definition) is 5. The molecule has 4 nitrogen and oxygen atoms in total. The van der Waals surface area contributed by atoms with Crippen molar-refractivity contribution in [3.63, 3.8) is 0 Å². The SMILES string of the molecule is CNc1cc(NC(C)c2ncc(C)s2)ccn1. The van der Waals surface area contributed by atoms with Gasteiger partial charge in [0, 0.05) is 36.1 Å². The number of thiazole rings is 1. The molecule has 2 N–H and O–H groups in total. The van der Waals surface area contributed by atoms with Crippen LogP contribution in [0.3, 0.4) is 0 Å². The van der Waals surface area contributed by atoms with Crippen molar-refractivity contribution in [2.75, 3.05) is 17.7 Å². The lowest BCUT2D eigenvalue weighted by Gasteiger charge is -2.13. The van der Waals surface area contributed by atoms with E-state index in [4.69, 9.17) is 0 Å². The molecule has 17 heavy (non-hydrogen) atoms. The highest BCUT2D eigenvalue weighted by atomic mass is 32.1. The van der Waals surface area contributed by atoms with Crippen LogP contribution in [0.25, 0.3) is 0 Å². The highest BCUT2D eigenvalue weighted by molar-refractivity contribution is 7.11. The third-order valence-corrected chi connectivity index (χ3v) is 3.50. The predicted molar refractivity (Wildman–Crippen MR) is 72.7 cm³/mol. The Morgan fingerprint density at radius 1 is 1.35 bits per heavy atom. The molecule has 1 unspecified atom stereocenters. The van der Waals surface area contributed by atoms with Crippen molar-refractivity contribution in [3.05, 3.63) is 34.4 Å². The van der Waals surface area contributed by atoms with Crippen molar-refractivity contribution in [2.24, 2.45) is 0 Å². The smallest absolute Gasteiger partial charge is 0.127 e. The summed E-state index contributed by atoms with van der Waals surface area (Å²) in [4.78, 5) is 9.79. The van der Waals surface area contributed by atoms with E-state index in [9.17, 15) is 0 Å². The third-order valence-electron chi connectivity index (χ3n) is 2.41. The summed E-state index contributed by atoms with van der Waals surface area (Å²) in [6, 6.07) is 4.15. The Bertz CT molecular complexity index is 495. The fourth-order valence-electron chi connectivity index (χ4n) is 1.54. The van der Waals surface area contributed by atoms with Gasteiger partial charge in [0.15, 0.2) is 0 Å². The fraction of sp³-hybridized carbons (Fsp3) is 0.333. The van der Waals surface area contributed by atoms with Crippen LogP contribution in [0, 0.1) is 6.92 Å². The second-order valence-electron chi connectivity index (χ2n) is 3.85. The van der Waals surface area contributed by atoms with Gasteiger partial charge in [-0.2, -0.15) is 0 Å². The zero-order valence-electron chi connectivity index (χ0n) is 10.2. The van der Waals surface area contributed by atoms with E-state index in [1.807, 2.05) is 25.4 Å². The fourth-order valence-corrected chi connectivity index (χ4v) is 2.32. The normalized spacial score (nSPS) is 12.2. The first-order valence-electron chi connectivity index (χ1n) is 5.51. The van der Waals surface area contributed by atoms with E-state index in [0.717, 1.165) is 16.5 Å². The highest BCUT2D eigenvalue weighted by Crippen LogP contribution is 2.23. The number of pyridine rings is 1. The molecule has 0 saturated heterocycles. The van der Waals surface area contributed by atoms with E-state index in [1.165, 1.54) is 4.88 Å². The van der Waals surface area contributed by atoms with Crippen LogP contribution in [0.1, 0.15) is 22.9 Å². The molecule has 0 bridgehead atoms. The predicted octanol–water partition coefficient (Wildman–Crippen LogP) is 3.06. The van der Waals surface area contributed by atoms with Crippen molar-refractivity contribution in [2.45, 2.75) is 19.9 Å². The summed E-state index contributed by atoms with van der Waals surface area (Å²) in [5.41, 5.74) is 1.05. The van der Waals surface area contributed by atoms with Crippen molar-refractivity contribution in [1.29, 1.82) is 0 Å². The third kappa shape index (κ3) is 2.94. The van der Waals surface area contributed by atoms with E-state index in [2.05, 4.69) is 34.4 Å². The minimum Gasteiger partial charge on any atom is -0.376 e. The molecule has 0 fully saturated rings. The summed E-state index contributed by atoms with van der Waals surface area (Å²) < 4.78 is 0. The van der Waals surface area contributed by atoms with Gasteiger partial charge in [-0.1, -0.05) is 0 Å². The monoisotopic (exact) mass is 248 g/mol. The van der Waals surface area contributed by atoms with Crippen LogP contribution in [-0.2, 0) is 0 Å². The van der Waals surface area contributed by atoms with Crippen LogP contribution in [0.15, 0.2) is 24.5 Å². The topological polar surface area (TPSA) is 49.8 Å². The number of rotatable bonds is 4. The molecule has 0 spiro atoms. The quantitative estimate of drug-likeness (QED) is 0.873. The highest BCUT2D eigenvalue weighted by Gasteiger charge is 2.09. The minimum atomic E-state index is 0.209. The van der Waals surface area contributed by atoms with Gasteiger partial charge in [0.25, 0.3) is 0 Å². The van der Waals surface area contributed by atoms with Crippen molar-refractivity contribution in [3.8, 4) is 0 Å². The second kappa shape index (κ2) is 5.14. The number of nitrogens with zero attached hydrogens (tertiary/aromatic N) is 2. The zero-order chi connectivity index (χ0) is 12.3. The molecule has 0 amide bonds. The van der Waals surface area contributed by atoms with Gasteiger partial charge in [0.1, 0.15) is 10.8 Å². The molecule has 1 atom stereocenters. The Balaban J connectivity index is 2.09. The van der Waals surface area contributed by atoms with E-state index in [0.29, 0.717) is 0 Å². The molecule has 0 aliphatic carbocycles. The maximum absolute atomic E-state index is 4.38. The molecule has 2 aromatic rings. The average molecular weight is 248 g/mol. The summed E-state index contributed by atoms with van der Waals surface area (Å²) in [5.74, 6) is 0.859. The Morgan fingerprint density at radius 2 is 2.18 bits per heavy atom. The van der Waals surface area contributed by atoms with Crippen LogP contribution in [0.5, 0.6) is 0 Å². The van der Waals surface area contributed by atoms with Gasteiger partial charge in [-0.05, 0) is 19.9 Å². The lowest BCUT2D eigenvalue weighted by molar-refractivity contribution is 0.869. The lowest BCUT2D eigenvalue weighted by atomic mass is 10.3. The Hall–Kier alpha value is -1.62. The molecular weight excluding hydrogens is 232 g/mol. The number of nitrogens with one attached hydrogen (secondary N) is 2. The average Bonchev–Trinajstić information content (AvgIpc) is 2.76. The largest absolute Gasteiger partial charge is 0.376 e. The minimum absolute atomic E-state index is 0.209. The number of aromatic nitrogens is 2. The summed E-state index contributed by atoms with van der Waals surface area (Å²) in [5, 5.41) is 7.54. The summed E-state index contributed by atoms with van der Waals surface area (Å²) in [6.45, 7) is 4.18. The van der Waals surface area contributed by atoms with Gasteiger partial charge >= 0.3 is 0 Å². The van der Waals surface area contributed by atoms with E-state index in [-0.39, 0.29) is 6.04 Å². The Labute approximate surface area is 105 Å². The molecular formula is C12H16N4S. The number of anilines is 2. The molecule has 2 rings (SSSR count). The van der Waals surface area contributed by atoms with Gasteiger partial charge in [0.05, 0.1) is 6.04 Å². The molecule has 5 heteroatoms. The molecule has 0 saturated carbocycles. The number of aryl methyl sites for hydroxylation is 1. The maximum Gasteiger partial charge on any atom is 0.127 e. The molecule has 0 aliphatic rings. The standard InChI is InChI=1S/C12H16N4S/c1-8-7-15-12(17-8)9(2)16-10-4-5-14-11(6-10)13-3/h4-7,9H,1-3H3,(H2,13,14,16). The van der Waals surface area contributed by atoms with Crippen molar-refractivity contribution in [1.82, 2.24) is 9.97 Å². The first-order valence-corrected chi connectivity index (χ1v) is 6.33. The summed E-state index contributed by atoms with van der Waals surface area (Å²) in [7, 11) is 1.86. The first kappa shape index (κ1) is 11.9. The molecule has 2 heterocycles. The van der Waals surface area contributed by atoms with Gasteiger partial charge in [0.2, 0.25) is 0 Å². The van der Waals surface area contributed by atoms with Gasteiger partial charge in [-0.3, -0.25) is 0 Å². The zero-order valence-corrected chi connectivity index (χ0v) is 11.0. The summed E-state index contributed by atoms with van der Waals surface area (Å²) >= 11 is 1.72. The van der Waals surface area contributed by atoms with E-state index >= 15 is 0 Å². The summed E-state index contributed by atoms with van der Waals surface area (Å²) in [6.07, 6.45) is 3.69. The molecule has 0 radical (unpaired) electrons. The van der Waals surface area contributed by atoms with Gasteiger partial charge in [-0.25, -0.2) is 9.97 Å². The molecule has 90 valence electrons. The van der Waals surface area contributed by atoms with Crippen LogP contribution in [0.4, 0.5) is 11.5 Å². The van der Waals surface area contributed by atoms with Crippen LogP contribution in [-0.4, -0.2) is 17.0 Å². The molecule has 0 aromatic carbocycles. The van der Waals surface area contributed by atoms with Crippen LogP contribution < -0.4 is 10.6 Å². The second-order valence-corrected chi connectivity index (χ2v) is 5.12. The van der Waals surface area contributed by atoms with E-state index in [1.54, 1.807) is 17.5 Å². The van der Waals surface area contributed by atoms with Crippen molar-refractivity contribution >= 4 is 22.8 Å². The van der Waals surface area contributed by atoms with Gasteiger partial charge < -0.3 is 10.6 Å². The molecule has 2 aromatic heterocycles. The van der Waals surface area contributed by atoms with Gasteiger partial charge in [-0.15, -0.1) is 11.3 Å². The Kier molecular flexibility index (Phi) is 3.58. The Morgan fingerprint density at radius 3 is 2.82 bits per heavy atom. The molecule has 0 aliphatic heterocycles. The van der Waals surface area contributed by atoms with Crippen LogP contribution >= 0.6 is 11.3 Å².